The molecule has 5 nitrogen and oxygen atoms in total. The van der Waals surface area contributed by atoms with Gasteiger partial charge in [-0.25, -0.2) is 0 Å². The Kier molecular flexibility index (Phi) is 2.37. The molecule has 3 unspecified atom stereocenters. The molecule has 1 aliphatic heterocycles. The van der Waals surface area contributed by atoms with E-state index < -0.39 is 0 Å². The number of hydrogen-bond donors (Lipinski definition) is 2. The first-order valence-electron chi connectivity index (χ1n) is 7.26. The summed E-state index contributed by atoms with van der Waals surface area (Å²) in [5.41, 5.74) is 5.93. The van der Waals surface area contributed by atoms with Crippen LogP contribution in [0.15, 0.2) is 0 Å². The molecule has 3 N–H and O–H groups in total. The predicted molar refractivity (Wildman–Crippen MR) is 69.4 cm³/mol. The van der Waals surface area contributed by atoms with Crippen molar-refractivity contribution in [3.63, 3.8) is 0 Å². The van der Waals surface area contributed by atoms with Crippen molar-refractivity contribution in [2.75, 3.05) is 18.0 Å². The molecule has 1 saturated heterocycles. The molecule has 0 amide bonds. The van der Waals surface area contributed by atoms with Gasteiger partial charge in [0.15, 0.2) is 0 Å². The molecule has 2 saturated carbocycles. The van der Waals surface area contributed by atoms with Crippen LogP contribution in [-0.2, 0) is 0 Å². The SMILES string of the molecule is NC1CCN(c2n[nH]c(C3C4CCCCC43)n2)C1. The van der Waals surface area contributed by atoms with E-state index in [0.717, 1.165) is 43.1 Å². The van der Waals surface area contributed by atoms with E-state index in [-0.39, 0.29) is 6.04 Å². The number of aromatic amines is 1. The van der Waals surface area contributed by atoms with Crippen LogP contribution >= 0.6 is 0 Å². The highest BCUT2D eigenvalue weighted by molar-refractivity contribution is 5.33. The zero-order valence-electron chi connectivity index (χ0n) is 10.7. The van der Waals surface area contributed by atoms with Crippen LogP contribution in [0.2, 0.25) is 0 Å². The van der Waals surface area contributed by atoms with E-state index in [4.69, 9.17) is 10.7 Å². The number of anilines is 1. The summed E-state index contributed by atoms with van der Waals surface area (Å²) in [5, 5.41) is 7.56. The van der Waals surface area contributed by atoms with Gasteiger partial charge in [0.25, 0.3) is 0 Å². The smallest absolute Gasteiger partial charge is 0.244 e. The highest BCUT2D eigenvalue weighted by Crippen LogP contribution is 2.60. The lowest BCUT2D eigenvalue weighted by atomic mass is 10.0. The lowest BCUT2D eigenvalue weighted by Crippen LogP contribution is -2.26. The van der Waals surface area contributed by atoms with Gasteiger partial charge in [0.05, 0.1) is 0 Å². The topological polar surface area (TPSA) is 70.8 Å². The fourth-order valence-electron chi connectivity index (χ4n) is 3.92. The zero-order valence-corrected chi connectivity index (χ0v) is 10.7. The Bertz CT molecular complexity index is 430. The van der Waals surface area contributed by atoms with Crippen molar-refractivity contribution in [2.24, 2.45) is 17.6 Å². The average Bonchev–Trinajstić information content (AvgIpc) is 2.75. The Hall–Kier alpha value is -1.10. The Balaban J connectivity index is 1.49. The van der Waals surface area contributed by atoms with Crippen molar-refractivity contribution in [1.29, 1.82) is 0 Å². The molecule has 18 heavy (non-hydrogen) atoms. The van der Waals surface area contributed by atoms with E-state index in [1.807, 2.05) is 0 Å². The largest absolute Gasteiger partial charge is 0.338 e. The molecular formula is C13H21N5. The number of H-pyrrole nitrogens is 1. The third kappa shape index (κ3) is 1.64. The quantitative estimate of drug-likeness (QED) is 0.825. The van der Waals surface area contributed by atoms with Crippen LogP contribution < -0.4 is 10.6 Å². The number of nitrogens with one attached hydrogen (secondary N) is 1. The van der Waals surface area contributed by atoms with Crippen LogP contribution in [0.4, 0.5) is 5.95 Å². The van der Waals surface area contributed by atoms with Crippen LogP contribution in [0.25, 0.3) is 0 Å². The highest BCUT2D eigenvalue weighted by Gasteiger charge is 2.53. The molecule has 3 aliphatic rings. The minimum absolute atomic E-state index is 0.287. The third-order valence-corrected chi connectivity index (χ3v) is 4.97. The van der Waals surface area contributed by atoms with Gasteiger partial charge >= 0.3 is 0 Å². The standard InChI is InChI=1S/C13H21N5/c14-8-5-6-18(7-8)13-15-12(16-17-13)11-9-3-1-2-4-10(9)11/h8-11H,1-7,14H2,(H,15,16,17). The van der Waals surface area contributed by atoms with Gasteiger partial charge in [-0.15, -0.1) is 5.10 Å². The molecule has 98 valence electrons. The van der Waals surface area contributed by atoms with E-state index in [2.05, 4.69) is 15.1 Å². The first kappa shape index (κ1) is 10.8. The zero-order chi connectivity index (χ0) is 12.1. The molecule has 2 aliphatic carbocycles. The molecule has 3 fully saturated rings. The number of fused-ring (bicyclic) bond motifs is 1. The summed E-state index contributed by atoms with van der Waals surface area (Å²) in [6, 6.07) is 0.287. The molecule has 0 radical (unpaired) electrons. The normalized spacial score (nSPS) is 38.8. The van der Waals surface area contributed by atoms with Crippen LogP contribution in [-0.4, -0.2) is 34.3 Å². The van der Waals surface area contributed by atoms with E-state index in [9.17, 15) is 0 Å². The molecule has 3 atom stereocenters. The van der Waals surface area contributed by atoms with Crippen LogP contribution in [0.3, 0.4) is 0 Å². The van der Waals surface area contributed by atoms with Gasteiger partial charge in [0.2, 0.25) is 5.95 Å². The fraction of sp³-hybridized carbons (Fsp3) is 0.846. The van der Waals surface area contributed by atoms with Crippen molar-refractivity contribution in [3.8, 4) is 0 Å². The maximum absolute atomic E-state index is 5.93. The van der Waals surface area contributed by atoms with E-state index in [1.54, 1.807) is 0 Å². The summed E-state index contributed by atoms with van der Waals surface area (Å²) in [4.78, 5) is 6.92. The van der Waals surface area contributed by atoms with Crippen molar-refractivity contribution >= 4 is 5.95 Å². The highest BCUT2D eigenvalue weighted by atomic mass is 15.4. The average molecular weight is 247 g/mol. The lowest BCUT2D eigenvalue weighted by molar-refractivity contribution is 0.480. The summed E-state index contributed by atoms with van der Waals surface area (Å²) >= 11 is 0. The predicted octanol–water partition coefficient (Wildman–Crippen LogP) is 1.25. The Labute approximate surface area is 107 Å². The van der Waals surface area contributed by atoms with Crippen molar-refractivity contribution in [3.05, 3.63) is 5.82 Å². The molecule has 4 rings (SSSR count). The second kappa shape index (κ2) is 3.95. The number of nitrogens with zero attached hydrogens (tertiary/aromatic N) is 3. The van der Waals surface area contributed by atoms with Gasteiger partial charge in [-0.1, -0.05) is 12.8 Å². The first-order chi connectivity index (χ1) is 8.83. The monoisotopic (exact) mass is 247 g/mol. The van der Waals surface area contributed by atoms with Crippen molar-refractivity contribution in [1.82, 2.24) is 15.2 Å². The summed E-state index contributed by atoms with van der Waals surface area (Å²) in [5.74, 6) is 4.44. The maximum Gasteiger partial charge on any atom is 0.244 e. The van der Waals surface area contributed by atoms with E-state index >= 15 is 0 Å². The Morgan fingerprint density at radius 3 is 2.61 bits per heavy atom. The van der Waals surface area contributed by atoms with Gasteiger partial charge < -0.3 is 10.6 Å². The molecule has 5 heteroatoms. The number of rotatable bonds is 2. The molecule has 0 bridgehead atoms. The summed E-state index contributed by atoms with van der Waals surface area (Å²) in [6.45, 7) is 1.89. The summed E-state index contributed by atoms with van der Waals surface area (Å²) in [6.07, 6.45) is 6.64. The lowest BCUT2D eigenvalue weighted by Gasteiger charge is -2.11. The molecule has 0 spiro atoms. The molecule has 1 aromatic rings. The molecule has 0 aromatic carbocycles. The van der Waals surface area contributed by atoms with Crippen LogP contribution in [0.5, 0.6) is 0 Å². The van der Waals surface area contributed by atoms with Gasteiger partial charge in [-0.3, -0.25) is 5.10 Å². The number of nitrogens with two attached hydrogens (primary N) is 1. The number of hydrogen-bond acceptors (Lipinski definition) is 4. The second-order valence-electron chi connectivity index (χ2n) is 6.15. The fourth-order valence-corrected chi connectivity index (χ4v) is 3.92. The minimum Gasteiger partial charge on any atom is -0.338 e. The molecule has 1 aromatic heterocycles. The summed E-state index contributed by atoms with van der Waals surface area (Å²) in [7, 11) is 0. The first-order valence-corrected chi connectivity index (χ1v) is 7.26. The van der Waals surface area contributed by atoms with Gasteiger partial charge in [-0.2, -0.15) is 4.98 Å². The maximum atomic E-state index is 5.93. The molecular weight excluding hydrogens is 226 g/mol. The van der Waals surface area contributed by atoms with Crippen LogP contribution in [0, 0.1) is 11.8 Å². The summed E-state index contributed by atoms with van der Waals surface area (Å²) < 4.78 is 0. The Morgan fingerprint density at radius 2 is 1.94 bits per heavy atom. The van der Waals surface area contributed by atoms with Crippen LogP contribution in [0.1, 0.15) is 43.8 Å². The minimum atomic E-state index is 0.287. The van der Waals surface area contributed by atoms with Crippen molar-refractivity contribution < 1.29 is 0 Å². The van der Waals surface area contributed by atoms with E-state index in [0.29, 0.717) is 5.92 Å². The third-order valence-electron chi connectivity index (χ3n) is 4.97. The second-order valence-corrected chi connectivity index (χ2v) is 6.15. The van der Waals surface area contributed by atoms with E-state index in [1.165, 1.54) is 25.7 Å². The molecule has 2 heterocycles. The van der Waals surface area contributed by atoms with Gasteiger partial charge in [0.1, 0.15) is 5.82 Å². The number of aromatic nitrogens is 3. The van der Waals surface area contributed by atoms with Gasteiger partial charge in [0, 0.05) is 25.0 Å². The van der Waals surface area contributed by atoms with Crippen molar-refractivity contribution in [2.45, 2.75) is 44.1 Å². The Morgan fingerprint density at radius 1 is 1.17 bits per heavy atom. The van der Waals surface area contributed by atoms with Gasteiger partial charge in [-0.05, 0) is 31.1 Å².